The predicted octanol–water partition coefficient (Wildman–Crippen LogP) is 3.04. The van der Waals surface area contributed by atoms with Crippen molar-refractivity contribution in [1.29, 1.82) is 0 Å². The molecule has 0 bridgehead atoms. The highest BCUT2D eigenvalue weighted by Crippen LogP contribution is 2.29. The lowest BCUT2D eigenvalue weighted by molar-refractivity contribution is -0.387. The zero-order valence-corrected chi connectivity index (χ0v) is 14.0. The van der Waals surface area contributed by atoms with Gasteiger partial charge >= 0.3 is 6.18 Å². The summed E-state index contributed by atoms with van der Waals surface area (Å²) < 4.78 is 67.7. The summed E-state index contributed by atoms with van der Waals surface area (Å²) in [7, 11) is -4.32. The van der Waals surface area contributed by atoms with Crippen molar-refractivity contribution < 1.29 is 31.2 Å². The lowest BCUT2D eigenvalue weighted by Crippen LogP contribution is -2.19. The van der Waals surface area contributed by atoms with Crippen LogP contribution in [0.4, 0.5) is 24.5 Å². The number of aryl methyl sites for hydroxylation is 1. The molecule has 26 heavy (non-hydrogen) atoms. The number of alkyl halides is 3. The minimum Gasteiger partial charge on any atom is -0.468 e. The topological polar surface area (TPSA) is 111 Å². The number of halogens is 3. The number of anilines is 1. The summed E-state index contributed by atoms with van der Waals surface area (Å²) >= 11 is 0. The molecule has 1 N–H and O–H groups in total. The quantitative estimate of drug-likeness (QED) is 0.598. The molecular formula is C14H12F3N3O5S. The van der Waals surface area contributed by atoms with Crippen LogP contribution >= 0.6 is 0 Å². The second-order valence-corrected chi connectivity index (χ2v) is 6.69. The van der Waals surface area contributed by atoms with E-state index in [0.29, 0.717) is 0 Å². The van der Waals surface area contributed by atoms with E-state index in [0.717, 1.165) is 24.4 Å². The number of benzene rings is 1. The van der Waals surface area contributed by atoms with Gasteiger partial charge in [-0.2, -0.15) is 13.2 Å². The molecule has 0 radical (unpaired) electrons. The van der Waals surface area contributed by atoms with Crippen molar-refractivity contribution in [2.24, 2.45) is 0 Å². The Morgan fingerprint density at radius 1 is 1.27 bits per heavy atom. The molecular weight excluding hydrogens is 379 g/mol. The number of hydrogen-bond donors (Lipinski definition) is 1. The smallest absolute Gasteiger partial charge is 0.422 e. The zero-order chi connectivity index (χ0) is 19.5. The number of rotatable bonds is 6. The Bertz CT molecular complexity index is 914. The highest BCUT2D eigenvalue weighted by molar-refractivity contribution is 7.93. The Labute approximate surface area is 145 Å². The Kier molecular flexibility index (Phi) is 5.35. The Balaban J connectivity index is 2.24. The second-order valence-electron chi connectivity index (χ2n) is 5.07. The fourth-order valence-corrected chi connectivity index (χ4v) is 3.46. The van der Waals surface area contributed by atoms with Gasteiger partial charge in [0, 0.05) is 12.1 Å². The van der Waals surface area contributed by atoms with E-state index in [1.807, 2.05) is 0 Å². The molecule has 2 rings (SSSR count). The standard InChI is InChI=1S/C14H12F3N3O5S/c1-9-3-2-4-11(20(21)22)13(9)26(23,24)19-10-5-6-12(18-7-10)25-8-14(15,16)17/h2-7,19H,8H2,1H3. The first kappa shape index (κ1) is 19.4. The van der Waals surface area contributed by atoms with Gasteiger partial charge in [0.05, 0.1) is 16.8 Å². The van der Waals surface area contributed by atoms with Gasteiger partial charge in [-0.1, -0.05) is 12.1 Å². The largest absolute Gasteiger partial charge is 0.468 e. The molecule has 140 valence electrons. The molecule has 0 fully saturated rings. The van der Waals surface area contributed by atoms with Gasteiger partial charge in [-0.3, -0.25) is 14.8 Å². The molecule has 1 heterocycles. The molecule has 8 nitrogen and oxygen atoms in total. The van der Waals surface area contributed by atoms with Gasteiger partial charge < -0.3 is 4.74 Å². The van der Waals surface area contributed by atoms with E-state index >= 15 is 0 Å². The zero-order valence-electron chi connectivity index (χ0n) is 13.1. The number of hydrogen-bond acceptors (Lipinski definition) is 6. The lowest BCUT2D eigenvalue weighted by atomic mass is 10.2. The van der Waals surface area contributed by atoms with E-state index in [9.17, 15) is 31.7 Å². The Morgan fingerprint density at radius 2 is 1.96 bits per heavy atom. The minimum atomic E-state index is -4.54. The van der Waals surface area contributed by atoms with Crippen molar-refractivity contribution in [3.63, 3.8) is 0 Å². The molecule has 0 atom stereocenters. The van der Waals surface area contributed by atoms with Crippen LogP contribution in [0, 0.1) is 17.0 Å². The number of ether oxygens (including phenoxy) is 1. The van der Waals surface area contributed by atoms with Gasteiger partial charge in [0.1, 0.15) is 0 Å². The molecule has 0 aliphatic heterocycles. The Hall–Kier alpha value is -2.89. The molecule has 0 amide bonds. The third-order valence-electron chi connectivity index (χ3n) is 3.03. The number of nitrogens with zero attached hydrogens (tertiary/aromatic N) is 2. The van der Waals surface area contributed by atoms with Crippen LogP contribution in [0.3, 0.4) is 0 Å². The first-order chi connectivity index (χ1) is 12.0. The van der Waals surface area contributed by atoms with Crippen LogP contribution in [0.2, 0.25) is 0 Å². The first-order valence-corrected chi connectivity index (χ1v) is 8.40. The molecule has 12 heteroatoms. The number of nitro benzene ring substituents is 1. The van der Waals surface area contributed by atoms with E-state index in [-0.39, 0.29) is 17.1 Å². The van der Waals surface area contributed by atoms with E-state index in [1.54, 1.807) is 0 Å². The second kappa shape index (κ2) is 7.15. The van der Waals surface area contributed by atoms with Crippen LogP contribution < -0.4 is 9.46 Å². The summed E-state index contributed by atoms with van der Waals surface area (Å²) in [5, 5.41) is 11.1. The first-order valence-electron chi connectivity index (χ1n) is 6.92. The summed E-state index contributed by atoms with van der Waals surface area (Å²) in [5.74, 6) is -0.354. The van der Waals surface area contributed by atoms with Crippen LogP contribution in [0.15, 0.2) is 41.4 Å². The normalized spacial score (nSPS) is 11.8. The van der Waals surface area contributed by atoms with Crippen molar-refractivity contribution in [1.82, 2.24) is 4.98 Å². The number of pyridine rings is 1. The van der Waals surface area contributed by atoms with E-state index in [4.69, 9.17) is 0 Å². The fourth-order valence-electron chi connectivity index (χ4n) is 2.02. The van der Waals surface area contributed by atoms with Gasteiger partial charge in [-0.15, -0.1) is 0 Å². The van der Waals surface area contributed by atoms with E-state index in [2.05, 4.69) is 14.4 Å². The van der Waals surface area contributed by atoms with Crippen LogP contribution in [0.1, 0.15) is 5.56 Å². The molecule has 0 unspecified atom stereocenters. The lowest BCUT2D eigenvalue weighted by Gasteiger charge is -2.11. The molecule has 1 aromatic heterocycles. The summed E-state index contributed by atoms with van der Waals surface area (Å²) in [6.07, 6.45) is -3.60. The van der Waals surface area contributed by atoms with Crippen LogP contribution in [0.5, 0.6) is 5.88 Å². The maximum Gasteiger partial charge on any atom is 0.422 e. The number of aromatic nitrogens is 1. The van der Waals surface area contributed by atoms with Gasteiger partial charge in [0.2, 0.25) is 5.88 Å². The number of sulfonamides is 1. The average Bonchev–Trinajstić information content (AvgIpc) is 2.52. The minimum absolute atomic E-state index is 0.0955. The molecule has 0 aliphatic carbocycles. The number of nitrogens with one attached hydrogen (secondary N) is 1. The van der Waals surface area contributed by atoms with E-state index < -0.39 is 38.3 Å². The molecule has 0 saturated carbocycles. The monoisotopic (exact) mass is 391 g/mol. The molecule has 2 aromatic rings. The molecule has 0 aliphatic rings. The predicted molar refractivity (Wildman–Crippen MR) is 84.4 cm³/mol. The van der Waals surface area contributed by atoms with Crippen molar-refractivity contribution in [3.05, 3.63) is 52.2 Å². The van der Waals surface area contributed by atoms with Crippen molar-refractivity contribution >= 4 is 21.4 Å². The fraction of sp³-hybridized carbons (Fsp3) is 0.214. The van der Waals surface area contributed by atoms with Crippen LogP contribution in [-0.4, -0.2) is 31.1 Å². The summed E-state index contributed by atoms with van der Waals surface area (Å²) in [6.45, 7) is -0.144. The SMILES string of the molecule is Cc1cccc([N+](=O)[O-])c1S(=O)(=O)Nc1ccc(OCC(F)(F)F)nc1. The van der Waals surface area contributed by atoms with E-state index in [1.165, 1.54) is 19.1 Å². The maximum absolute atomic E-state index is 12.5. The third kappa shape index (κ3) is 4.81. The number of nitro groups is 1. The van der Waals surface area contributed by atoms with Gasteiger partial charge in [0.25, 0.3) is 15.7 Å². The van der Waals surface area contributed by atoms with Crippen molar-refractivity contribution in [2.45, 2.75) is 18.0 Å². The van der Waals surface area contributed by atoms with Gasteiger partial charge in [-0.05, 0) is 18.6 Å². The maximum atomic E-state index is 12.5. The van der Waals surface area contributed by atoms with Crippen LogP contribution in [0.25, 0.3) is 0 Å². The molecule has 0 saturated heterocycles. The summed E-state index contributed by atoms with van der Waals surface area (Å²) in [6, 6.07) is 5.96. The molecule has 1 aromatic carbocycles. The summed E-state index contributed by atoms with van der Waals surface area (Å²) in [4.78, 5) is 13.3. The van der Waals surface area contributed by atoms with Crippen LogP contribution in [-0.2, 0) is 10.0 Å². The van der Waals surface area contributed by atoms with Gasteiger partial charge in [0.15, 0.2) is 11.5 Å². The van der Waals surface area contributed by atoms with Gasteiger partial charge in [-0.25, -0.2) is 13.4 Å². The summed E-state index contributed by atoms with van der Waals surface area (Å²) in [5.41, 5.74) is -0.540. The highest BCUT2D eigenvalue weighted by Gasteiger charge is 2.29. The highest BCUT2D eigenvalue weighted by atomic mass is 32.2. The Morgan fingerprint density at radius 3 is 2.50 bits per heavy atom. The van der Waals surface area contributed by atoms with Crippen molar-refractivity contribution in [2.75, 3.05) is 11.3 Å². The third-order valence-corrected chi connectivity index (χ3v) is 4.60. The van der Waals surface area contributed by atoms with Crippen molar-refractivity contribution in [3.8, 4) is 5.88 Å². The average molecular weight is 391 g/mol. The molecule has 0 spiro atoms.